The zero-order valence-corrected chi connectivity index (χ0v) is 13.6. The second-order valence-corrected chi connectivity index (χ2v) is 6.70. The van der Waals surface area contributed by atoms with E-state index >= 15 is 0 Å². The van der Waals surface area contributed by atoms with Gasteiger partial charge >= 0.3 is 0 Å². The highest BCUT2D eigenvalue weighted by Crippen LogP contribution is 2.24. The maximum Gasteiger partial charge on any atom is 0.137 e. The predicted molar refractivity (Wildman–Crippen MR) is 89.3 cm³/mol. The van der Waals surface area contributed by atoms with Crippen LogP contribution in [0.1, 0.15) is 13.3 Å². The molecule has 102 valence electrons. The summed E-state index contributed by atoms with van der Waals surface area (Å²) < 4.78 is 3.19. The maximum absolute atomic E-state index is 4.67. The minimum atomic E-state index is 0.990. The fourth-order valence-corrected chi connectivity index (χ4v) is 3.09. The van der Waals surface area contributed by atoms with Gasteiger partial charge in [0.05, 0.1) is 5.69 Å². The molecule has 0 atom stereocenters. The standard InChI is InChI=1S/C16H15BrN2S/c1-2-9-20-14-7-8-16-18-15(11-19(16)10-14)12-3-5-13(17)6-4-12/h3-8,10-11H,2,9H2,1H3. The summed E-state index contributed by atoms with van der Waals surface area (Å²) in [5.74, 6) is 1.15. The second kappa shape index (κ2) is 6.02. The molecule has 0 spiro atoms. The number of rotatable bonds is 4. The molecule has 0 bridgehead atoms. The predicted octanol–water partition coefficient (Wildman–Crippen LogP) is 5.27. The van der Waals surface area contributed by atoms with Gasteiger partial charge < -0.3 is 4.40 Å². The van der Waals surface area contributed by atoms with Crippen molar-refractivity contribution in [3.63, 3.8) is 0 Å². The van der Waals surface area contributed by atoms with Crippen molar-refractivity contribution in [3.8, 4) is 11.3 Å². The van der Waals surface area contributed by atoms with E-state index in [4.69, 9.17) is 0 Å². The smallest absolute Gasteiger partial charge is 0.137 e. The van der Waals surface area contributed by atoms with Gasteiger partial charge in [-0.3, -0.25) is 0 Å². The van der Waals surface area contributed by atoms with Crippen LogP contribution in [0.3, 0.4) is 0 Å². The Morgan fingerprint density at radius 1 is 1.10 bits per heavy atom. The Balaban J connectivity index is 1.95. The molecule has 0 radical (unpaired) electrons. The maximum atomic E-state index is 4.67. The number of thioether (sulfide) groups is 1. The van der Waals surface area contributed by atoms with Gasteiger partial charge in [-0.2, -0.15) is 0 Å². The first-order chi connectivity index (χ1) is 9.76. The summed E-state index contributed by atoms with van der Waals surface area (Å²) in [7, 11) is 0. The van der Waals surface area contributed by atoms with E-state index in [1.165, 1.54) is 11.3 Å². The Morgan fingerprint density at radius 2 is 1.90 bits per heavy atom. The van der Waals surface area contributed by atoms with Gasteiger partial charge in [0.15, 0.2) is 0 Å². The minimum absolute atomic E-state index is 0.990. The first kappa shape index (κ1) is 13.7. The molecule has 4 heteroatoms. The quantitative estimate of drug-likeness (QED) is 0.599. The van der Waals surface area contributed by atoms with E-state index in [1.807, 2.05) is 23.9 Å². The number of benzene rings is 1. The van der Waals surface area contributed by atoms with Crippen molar-refractivity contribution < 1.29 is 0 Å². The van der Waals surface area contributed by atoms with Crippen molar-refractivity contribution in [1.29, 1.82) is 0 Å². The molecule has 0 saturated carbocycles. The van der Waals surface area contributed by atoms with Crippen molar-refractivity contribution in [2.45, 2.75) is 18.2 Å². The van der Waals surface area contributed by atoms with Crippen LogP contribution in [0.15, 0.2) is 58.2 Å². The molecular weight excluding hydrogens is 332 g/mol. The van der Waals surface area contributed by atoms with Crippen LogP contribution in [0.5, 0.6) is 0 Å². The normalized spacial score (nSPS) is 11.1. The van der Waals surface area contributed by atoms with Crippen molar-refractivity contribution in [2.75, 3.05) is 5.75 Å². The molecular formula is C16H15BrN2S. The highest BCUT2D eigenvalue weighted by molar-refractivity contribution is 9.10. The van der Waals surface area contributed by atoms with E-state index in [2.05, 4.69) is 68.9 Å². The molecule has 1 aromatic carbocycles. The Bertz CT molecular complexity index is 719. The van der Waals surface area contributed by atoms with Gasteiger partial charge in [0, 0.05) is 27.3 Å². The molecule has 0 amide bonds. The van der Waals surface area contributed by atoms with Gasteiger partial charge in [0.25, 0.3) is 0 Å². The summed E-state index contributed by atoms with van der Waals surface area (Å²) in [4.78, 5) is 5.96. The molecule has 0 fully saturated rings. The van der Waals surface area contributed by atoms with Crippen LogP contribution in [0.4, 0.5) is 0 Å². The van der Waals surface area contributed by atoms with Crippen LogP contribution >= 0.6 is 27.7 Å². The van der Waals surface area contributed by atoms with Gasteiger partial charge in [-0.1, -0.05) is 35.0 Å². The lowest BCUT2D eigenvalue weighted by Gasteiger charge is -2.00. The lowest BCUT2D eigenvalue weighted by atomic mass is 10.2. The van der Waals surface area contributed by atoms with Crippen molar-refractivity contribution in [2.24, 2.45) is 0 Å². The molecule has 20 heavy (non-hydrogen) atoms. The fourth-order valence-electron chi connectivity index (χ4n) is 2.04. The number of hydrogen-bond donors (Lipinski definition) is 0. The summed E-state index contributed by atoms with van der Waals surface area (Å²) in [6.45, 7) is 2.20. The zero-order chi connectivity index (χ0) is 13.9. The third-order valence-corrected chi connectivity index (χ3v) is 4.75. The van der Waals surface area contributed by atoms with Gasteiger partial charge in [-0.25, -0.2) is 4.98 Å². The topological polar surface area (TPSA) is 17.3 Å². The summed E-state index contributed by atoms with van der Waals surface area (Å²) in [5, 5.41) is 0. The summed E-state index contributed by atoms with van der Waals surface area (Å²) in [6.07, 6.45) is 5.44. The highest BCUT2D eigenvalue weighted by Gasteiger charge is 2.05. The highest BCUT2D eigenvalue weighted by atomic mass is 79.9. The van der Waals surface area contributed by atoms with Crippen LogP contribution in [0, 0.1) is 0 Å². The molecule has 3 aromatic rings. The average molecular weight is 347 g/mol. The van der Waals surface area contributed by atoms with Crippen LogP contribution in [-0.2, 0) is 0 Å². The molecule has 2 heterocycles. The average Bonchev–Trinajstić information content (AvgIpc) is 2.89. The molecule has 3 rings (SSSR count). The zero-order valence-electron chi connectivity index (χ0n) is 11.2. The van der Waals surface area contributed by atoms with Gasteiger partial charge in [0.2, 0.25) is 0 Å². The van der Waals surface area contributed by atoms with Gasteiger partial charge in [0.1, 0.15) is 5.65 Å². The molecule has 0 aliphatic carbocycles. The number of nitrogens with zero attached hydrogens (tertiary/aromatic N) is 2. The largest absolute Gasteiger partial charge is 0.305 e. The van der Waals surface area contributed by atoms with Crippen molar-refractivity contribution in [3.05, 3.63) is 53.3 Å². The van der Waals surface area contributed by atoms with Gasteiger partial charge in [-0.15, -0.1) is 11.8 Å². The van der Waals surface area contributed by atoms with E-state index in [1.54, 1.807) is 0 Å². The Morgan fingerprint density at radius 3 is 2.65 bits per heavy atom. The first-order valence-electron chi connectivity index (χ1n) is 6.64. The summed E-state index contributed by atoms with van der Waals surface area (Å²) in [5.41, 5.74) is 3.14. The molecule has 2 nitrogen and oxygen atoms in total. The Hall–Kier alpha value is -1.26. The number of imidazole rings is 1. The van der Waals surface area contributed by atoms with Crippen molar-refractivity contribution in [1.82, 2.24) is 9.38 Å². The summed E-state index contributed by atoms with van der Waals surface area (Å²) >= 11 is 5.35. The monoisotopic (exact) mass is 346 g/mol. The van der Waals surface area contributed by atoms with E-state index in [0.717, 1.165) is 27.1 Å². The number of aromatic nitrogens is 2. The SMILES string of the molecule is CCCSc1ccc2nc(-c3ccc(Br)cc3)cn2c1. The lowest BCUT2D eigenvalue weighted by Crippen LogP contribution is -1.84. The molecule has 0 aliphatic heterocycles. The lowest BCUT2D eigenvalue weighted by molar-refractivity contribution is 1.09. The minimum Gasteiger partial charge on any atom is -0.305 e. The first-order valence-corrected chi connectivity index (χ1v) is 8.41. The molecule has 0 unspecified atom stereocenters. The van der Waals surface area contributed by atoms with Crippen LogP contribution in [0.25, 0.3) is 16.9 Å². The Labute approximate surface area is 131 Å². The van der Waals surface area contributed by atoms with Crippen LogP contribution in [0.2, 0.25) is 0 Å². The van der Waals surface area contributed by atoms with Crippen LogP contribution < -0.4 is 0 Å². The van der Waals surface area contributed by atoms with Crippen molar-refractivity contribution >= 4 is 33.3 Å². The van der Waals surface area contributed by atoms with Gasteiger partial charge in [-0.05, 0) is 36.4 Å². The summed E-state index contributed by atoms with van der Waals surface area (Å²) in [6, 6.07) is 12.5. The number of fused-ring (bicyclic) bond motifs is 1. The molecule has 2 aromatic heterocycles. The van der Waals surface area contributed by atoms with E-state index in [9.17, 15) is 0 Å². The van der Waals surface area contributed by atoms with E-state index < -0.39 is 0 Å². The van der Waals surface area contributed by atoms with E-state index in [-0.39, 0.29) is 0 Å². The number of pyridine rings is 1. The third kappa shape index (κ3) is 2.91. The Kier molecular flexibility index (Phi) is 4.13. The van der Waals surface area contributed by atoms with Crippen LogP contribution in [-0.4, -0.2) is 15.1 Å². The second-order valence-electron chi connectivity index (χ2n) is 4.61. The molecule has 0 aliphatic rings. The molecule has 0 N–H and O–H groups in total. The molecule has 0 saturated heterocycles. The fraction of sp³-hybridized carbons (Fsp3) is 0.188. The number of hydrogen-bond acceptors (Lipinski definition) is 2. The number of halogens is 1. The third-order valence-electron chi connectivity index (χ3n) is 3.04. The van der Waals surface area contributed by atoms with E-state index in [0.29, 0.717) is 0 Å².